The Morgan fingerprint density at radius 1 is 1.26 bits per heavy atom. The summed E-state index contributed by atoms with van der Waals surface area (Å²) in [5, 5.41) is 11.7. The third-order valence-electron chi connectivity index (χ3n) is 4.15. The number of nitrogens with one attached hydrogen (secondary N) is 1. The number of amides is 1. The molecular weight excluding hydrogens is 309 g/mol. The van der Waals surface area contributed by atoms with Crippen molar-refractivity contribution in [2.45, 2.75) is 31.7 Å². The van der Waals surface area contributed by atoms with E-state index >= 15 is 0 Å². The molecule has 7 heteroatoms. The molecule has 2 N–H and O–H groups in total. The molecule has 1 fully saturated rings. The molecule has 0 saturated carbocycles. The van der Waals surface area contributed by atoms with Gasteiger partial charge >= 0.3 is 0 Å². The van der Waals surface area contributed by atoms with Crippen molar-refractivity contribution in [2.24, 2.45) is 0 Å². The lowest BCUT2D eigenvalue weighted by molar-refractivity contribution is 0.0947. The molecule has 2 rings (SSSR count). The third kappa shape index (κ3) is 4.45. The van der Waals surface area contributed by atoms with Gasteiger partial charge in [0, 0.05) is 12.6 Å². The fraction of sp³-hybridized carbons (Fsp3) is 0.562. The van der Waals surface area contributed by atoms with Crippen LogP contribution in [0, 0.1) is 17.5 Å². The fourth-order valence-electron chi connectivity index (χ4n) is 2.83. The molecule has 1 aliphatic heterocycles. The zero-order valence-electron chi connectivity index (χ0n) is 12.8. The normalized spacial score (nSPS) is 18.3. The molecule has 1 aliphatic rings. The summed E-state index contributed by atoms with van der Waals surface area (Å²) in [5.74, 6) is -5.18. The van der Waals surface area contributed by atoms with Crippen molar-refractivity contribution in [3.05, 3.63) is 35.1 Å². The molecule has 1 aromatic carbocycles. The molecule has 0 spiro atoms. The minimum absolute atomic E-state index is 0.159. The molecule has 1 amide bonds. The zero-order valence-corrected chi connectivity index (χ0v) is 12.8. The summed E-state index contributed by atoms with van der Waals surface area (Å²) in [4.78, 5) is 14.0. The van der Waals surface area contributed by atoms with Crippen LogP contribution in [-0.2, 0) is 0 Å². The van der Waals surface area contributed by atoms with Crippen LogP contribution in [-0.4, -0.2) is 48.2 Å². The molecule has 4 nitrogen and oxygen atoms in total. The number of aliphatic hydroxyl groups is 1. The van der Waals surface area contributed by atoms with E-state index in [9.17, 15) is 23.1 Å². The highest BCUT2D eigenvalue weighted by Gasteiger charge is 2.22. The van der Waals surface area contributed by atoms with Gasteiger partial charge in [0.25, 0.3) is 5.91 Å². The first-order valence-electron chi connectivity index (χ1n) is 7.81. The Bertz CT molecular complexity index is 554. The van der Waals surface area contributed by atoms with Crippen molar-refractivity contribution in [1.29, 1.82) is 0 Å². The number of carbonyl (C=O) groups is 1. The first-order chi connectivity index (χ1) is 11.0. The molecule has 1 unspecified atom stereocenters. The van der Waals surface area contributed by atoms with Crippen LogP contribution in [0.3, 0.4) is 0 Å². The fourth-order valence-corrected chi connectivity index (χ4v) is 2.83. The summed E-state index contributed by atoms with van der Waals surface area (Å²) in [6.07, 6.45) is 3.60. The largest absolute Gasteiger partial charge is 0.395 e. The molecule has 1 atom stereocenters. The van der Waals surface area contributed by atoms with Crippen LogP contribution in [0.25, 0.3) is 0 Å². The van der Waals surface area contributed by atoms with Gasteiger partial charge < -0.3 is 10.4 Å². The summed E-state index contributed by atoms with van der Waals surface area (Å²) in [6, 6.07) is 1.88. The molecule has 1 aromatic rings. The van der Waals surface area contributed by atoms with Crippen LogP contribution in [0.2, 0.25) is 0 Å². The van der Waals surface area contributed by atoms with E-state index < -0.39 is 28.9 Å². The van der Waals surface area contributed by atoms with E-state index in [0.29, 0.717) is 13.0 Å². The third-order valence-corrected chi connectivity index (χ3v) is 4.15. The van der Waals surface area contributed by atoms with Gasteiger partial charge in [-0.25, -0.2) is 13.2 Å². The van der Waals surface area contributed by atoms with Gasteiger partial charge in [-0.2, -0.15) is 0 Å². The van der Waals surface area contributed by atoms with Gasteiger partial charge in [-0.1, -0.05) is 0 Å². The number of rotatable bonds is 7. The van der Waals surface area contributed by atoms with Gasteiger partial charge in [-0.05, 0) is 50.9 Å². The molecule has 0 aliphatic carbocycles. The molecule has 23 heavy (non-hydrogen) atoms. The number of nitrogens with zero attached hydrogens (tertiary/aromatic N) is 1. The predicted molar refractivity (Wildman–Crippen MR) is 79.6 cm³/mol. The SMILES string of the molecule is O=C(NCCCCN1CCCC1CO)c1ccc(F)c(F)c1F. The first kappa shape index (κ1) is 17.7. The lowest BCUT2D eigenvalue weighted by Crippen LogP contribution is -2.33. The maximum absolute atomic E-state index is 13.5. The van der Waals surface area contributed by atoms with Crippen molar-refractivity contribution in [3.63, 3.8) is 0 Å². The summed E-state index contributed by atoms with van der Waals surface area (Å²) >= 11 is 0. The van der Waals surface area contributed by atoms with Crippen LogP contribution in [0.5, 0.6) is 0 Å². The summed E-state index contributed by atoms with van der Waals surface area (Å²) in [7, 11) is 0. The number of aliphatic hydroxyl groups excluding tert-OH is 1. The topological polar surface area (TPSA) is 52.6 Å². The van der Waals surface area contributed by atoms with Crippen molar-refractivity contribution in [2.75, 3.05) is 26.2 Å². The van der Waals surface area contributed by atoms with Gasteiger partial charge in [0.15, 0.2) is 17.5 Å². The van der Waals surface area contributed by atoms with E-state index in [1.807, 2.05) is 0 Å². The molecule has 0 radical (unpaired) electrons. The van der Waals surface area contributed by atoms with E-state index in [0.717, 1.165) is 44.5 Å². The highest BCUT2D eigenvalue weighted by atomic mass is 19.2. The minimum Gasteiger partial charge on any atom is -0.395 e. The molecular formula is C16H21F3N2O2. The van der Waals surface area contributed by atoms with E-state index in [-0.39, 0.29) is 12.6 Å². The van der Waals surface area contributed by atoms with Crippen LogP contribution in [0.1, 0.15) is 36.0 Å². The Kier molecular flexibility index (Phi) is 6.41. The van der Waals surface area contributed by atoms with Crippen molar-refractivity contribution < 1.29 is 23.1 Å². The first-order valence-corrected chi connectivity index (χ1v) is 7.81. The highest BCUT2D eigenvalue weighted by Crippen LogP contribution is 2.17. The number of hydrogen-bond acceptors (Lipinski definition) is 3. The average molecular weight is 330 g/mol. The Balaban J connectivity index is 1.72. The van der Waals surface area contributed by atoms with Crippen LogP contribution >= 0.6 is 0 Å². The van der Waals surface area contributed by atoms with Crippen LogP contribution < -0.4 is 5.32 Å². The minimum atomic E-state index is -1.64. The number of benzene rings is 1. The predicted octanol–water partition coefficient (Wildman–Crippen LogP) is 2.07. The summed E-state index contributed by atoms with van der Waals surface area (Å²) < 4.78 is 39.4. The Morgan fingerprint density at radius 3 is 2.78 bits per heavy atom. The van der Waals surface area contributed by atoms with Gasteiger partial charge in [0.05, 0.1) is 12.2 Å². The monoisotopic (exact) mass is 330 g/mol. The number of unbranched alkanes of at least 4 members (excludes halogenated alkanes) is 1. The van der Waals surface area contributed by atoms with Crippen molar-refractivity contribution in [3.8, 4) is 0 Å². The average Bonchev–Trinajstić information content (AvgIpc) is 2.99. The number of halogens is 3. The van der Waals surface area contributed by atoms with E-state index in [1.165, 1.54) is 0 Å². The summed E-state index contributed by atoms with van der Waals surface area (Å²) in [6.45, 7) is 2.29. The lowest BCUT2D eigenvalue weighted by Gasteiger charge is -2.22. The molecule has 0 bridgehead atoms. The summed E-state index contributed by atoms with van der Waals surface area (Å²) in [5.41, 5.74) is -0.496. The van der Waals surface area contributed by atoms with Gasteiger partial charge in [-0.3, -0.25) is 9.69 Å². The molecule has 1 heterocycles. The Labute approximate surface area is 133 Å². The smallest absolute Gasteiger partial charge is 0.254 e. The molecule has 1 saturated heterocycles. The number of likely N-dealkylation sites (tertiary alicyclic amines) is 1. The highest BCUT2D eigenvalue weighted by molar-refractivity contribution is 5.94. The van der Waals surface area contributed by atoms with E-state index in [2.05, 4.69) is 10.2 Å². The maximum Gasteiger partial charge on any atom is 0.254 e. The van der Waals surface area contributed by atoms with E-state index in [1.54, 1.807) is 0 Å². The number of hydrogen-bond donors (Lipinski definition) is 2. The van der Waals surface area contributed by atoms with E-state index in [4.69, 9.17) is 0 Å². The standard InChI is InChI=1S/C16H21F3N2O2/c17-13-6-5-12(14(18)15(13)19)16(23)20-7-1-2-8-21-9-3-4-11(21)10-22/h5-6,11,22H,1-4,7-10H2,(H,20,23). The van der Waals surface area contributed by atoms with Gasteiger partial charge in [0.1, 0.15) is 0 Å². The quantitative estimate of drug-likeness (QED) is 0.594. The lowest BCUT2D eigenvalue weighted by atomic mass is 10.1. The van der Waals surface area contributed by atoms with Gasteiger partial charge in [0.2, 0.25) is 0 Å². The molecule has 0 aromatic heterocycles. The van der Waals surface area contributed by atoms with Crippen molar-refractivity contribution >= 4 is 5.91 Å². The molecule has 128 valence electrons. The van der Waals surface area contributed by atoms with Gasteiger partial charge in [-0.15, -0.1) is 0 Å². The van der Waals surface area contributed by atoms with Crippen molar-refractivity contribution in [1.82, 2.24) is 10.2 Å². The Hall–Kier alpha value is -1.60. The zero-order chi connectivity index (χ0) is 16.8. The maximum atomic E-state index is 13.5. The second kappa shape index (κ2) is 8.31. The second-order valence-electron chi connectivity index (χ2n) is 5.70. The number of carbonyl (C=O) groups excluding carboxylic acids is 1. The van der Waals surface area contributed by atoms with Crippen LogP contribution in [0.15, 0.2) is 12.1 Å². The Morgan fingerprint density at radius 2 is 2.04 bits per heavy atom. The second-order valence-corrected chi connectivity index (χ2v) is 5.70. The van der Waals surface area contributed by atoms with Crippen LogP contribution in [0.4, 0.5) is 13.2 Å².